The second-order valence-electron chi connectivity index (χ2n) is 7.01. The van der Waals surface area contributed by atoms with Gasteiger partial charge in [0.2, 0.25) is 5.91 Å². The summed E-state index contributed by atoms with van der Waals surface area (Å²) in [6.45, 7) is 5.41. The van der Waals surface area contributed by atoms with Crippen LogP contribution in [-0.2, 0) is 16.0 Å². The Morgan fingerprint density at radius 1 is 1.37 bits per heavy atom. The Bertz CT molecular complexity index is 769. The first-order valence-corrected chi connectivity index (χ1v) is 10.6. The maximum atomic E-state index is 12.8. The summed E-state index contributed by atoms with van der Waals surface area (Å²) in [5, 5.41) is 0. The van der Waals surface area contributed by atoms with Crippen molar-refractivity contribution in [1.82, 2.24) is 9.88 Å². The monoisotopic (exact) mass is 388 g/mol. The molecule has 2 heterocycles. The Hall–Kier alpha value is -1.79. The zero-order valence-electron chi connectivity index (χ0n) is 16.4. The Morgan fingerprint density at radius 2 is 2.22 bits per heavy atom. The van der Waals surface area contributed by atoms with Gasteiger partial charge in [-0.25, -0.2) is 4.98 Å². The van der Waals surface area contributed by atoms with Crippen molar-refractivity contribution in [3.05, 3.63) is 41.4 Å². The van der Waals surface area contributed by atoms with Crippen LogP contribution < -0.4 is 0 Å². The average molecular weight is 389 g/mol. The third-order valence-corrected chi connectivity index (χ3v) is 6.25. The highest BCUT2D eigenvalue weighted by molar-refractivity contribution is 7.99. The van der Waals surface area contributed by atoms with E-state index in [2.05, 4.69) is 31.0 Å². The second-order valence-corrected chi connectivity index (χ2v) is 8.16. The van der Waals surface area contributed by atoms with Crippen LogP contribution in [0.2, 0.25) is 0 Å². The van der Waals surface area contributed by atoms with Crippen molar-refractivity contribution in [3.63, 3.8) is 0 Å². The summed E-state index contributed by atoms with van der Waals surface area (Å²) in [7, 11) is 1.67. The maximum Gasteiger partial charge on any atom is 0.223 e. The first kappa shape index (κ1) is 20.0. The molecule has 1 fully saturated rings. The van der Waals surface area contributed by atoms with Gasteiger partial charge in [-0.2, -0.15) is 11.8 Å². The van der Waals surface area contributed by atoms with Gasteiger partial charge in [0, 0.05) is 43.9 Å². The van der Waals surface area contributed by atoms with E-state index in [1.54, 1.807) is 13.3 Å². The molecule has 6 heteroatoms. The molecule has 1 aromatic heterocycles. The molecule has 146 valence electrons. The van der Waals surface area contributed by atoms with Crippen LogP contribution in [-0.4, -0.2) is 53.6 Å². The Kier molecular flexibility index (Phi) is 6.96. The van der Waals surface area contributed by atoms with Crippen molar-refractivity contribution in [2.24, 2.45) is 0 Å². The van der Waals surface area contributed by atoms with Crippen molar-refractivity contribution in [2.75, 3.05) is 31.8 Å². The van der Waals surface area contributed by atoms with Crippen LogP contribution in [0, 0.1) is 13.8 Å². The van der Waals surface area contributed by atoms with Gasteiger partial charge in [-0.15, -0.1) is 0 Å². The lowest BCUT2D eigenvalue weighted by atomic mass is 10.1. The number of rotatable bonds is 8. The van der Waals surface area contributed by atoms with Crippen LogP contribution in [0.4, 0.5) is 0 Å². The van der Waals surface area contributed by atoms with Crippen LogP contribution in [0.1, 0.15) is 29.9 Å². The minimum atomic E-state index is 0.158. The van der Waals surface area contributed by atoms with Gasteiger partial charge in [-0.1, -0.05) is 12.1 Å². The van der Waals surface area contributed by atoms with E-state index in [0.717, 1.165) is 29.3 Å². The molecule has 0 N–H and O–H groups in total. The molecule has 1 aliphatic rings. The number of hydrogen-bond donors (Lipinski definition) is 0. The maximum absolute atomic E-state index is 12.8. The topological polar surface area (TPSA) is 55.6 Å². The summed E-state index contributed by atoms with van der Waals surface area (Å²) in [6.07, 6.45) is 3.75. The SMILES string of the molecule is COCCN(C(=O)CCc1ncc(-c2ccc(C)c(C)c2)o1)[C@@H]1CCSC1. The van der Waals surface area contributed by atoms with Gasteiger partial charge in [0.1, 0.15) is 0 Å². The predicted molar refractivity (Wildman–Crippen MR) is 109 cm³/mol. The van der Waals surface area contributed by atoms with Crippen molar-refractivity contribution in [3.8, 4) is 11.3 Å². The molecule has 1 aromatic carbocycles. The van der Waals surface area contributed by atoms with E-state index in [-0.39, 0.29) is 5.91 Å². The van der Waals surface area contributed by atoms with Crippen LogP contribution in [0.15, 0.2) is 28.8 Å². The molecule has 1 saturated heterocycles. The zero-order chi connectivity index (χ0) is 19.2. The number of carbonyl (C=O) groups is 1. The Morgan fingerprint density at radius 3 is 2.93 bits per heavy atom. The zero-order valence-corrected chi connectivity index (χ0v) is 17.2. The third-order valence-electron chi connectivity index (χ3n) is 5.10. The smallest absolute Gasteiger partial charge is 0.223 e. The van der Waals surface area contributed by atoms with E-state index >= 15 is 0 Å². The van der Waals surface area contributed by atoms with Gasteiger partial charge >= 0.3 is 0 Å². The van der Waals surface area contributed by atoms with E-state index in [4.69, 9.17) is 9.15 Å². The fraction of sp³-hybridized carbons (Fsp3) is 0.524. The van der Waals surface area contributed by atoms with Crippen LogP contribution >= 0.6 is 11.8 Å². The molecule has 1 amide bonds. The number of oxazole rings is 1. The fourth-order valence-corrected chi connectivity index (χ4v) is 4.50. The van der Waals surface area contributed by atoms with E-state index in [1.807, 2.05) is 22.7 Å². The van der Waals surface area contributed by atoms with Crippen molar-refractivity contribution >= 4 is 17.7 Å². The van der Waals surface area contributed by atoms with Crippen molar-refractivity contribution in [2.45, 2.75) is 39.2 Å². The standard InChI is InChI=1S/C21H28N2O3S/c1-15-4-5-17(12-16(15)2)19-13-22-20(26-19)6-7-21(24)23(9-10-25-3)18-8-11-27-14-18/h4-5,12-13,18H,6-11,14H2,1-3H3/t18-/m1/s1. The average Bonchev–Trinajstić information content (AvgIpc) is 3.35. The summed E-state index contributed by atoms with van der Waals surface area (Å²) in [6, 6.07) is 6.56. The number of nitrogens with zero attached hydrogens (tertiary/aromatic N) is 2. The Labute approximate surface area is 165 Å². The highest BCUT2D eigenvalue weighted by atomic mass is 32.2. The van der Waals surface area contributed by atoms with Gasteiger partial charge < -0.3 is 14.1 Å². The largest absolute Gasteiger partial charge is 0.441 e. The summed E-state index contributed by atoms with van der Waals surface area (Å²) in [5.41, 5.74) is 3.50. The number of benzene rings is 1. The summed E-state index contributed by atoms with van der Waals surface area (Å²) < 4.78 is 11.1. The van der Waals surface area contributed by atoms with Gasteiger partial charge in [0.05, 0.1) is 12.8 Å². The molecule has 0 bridgehead atoms. The van der Waals surface area contributed by atoms with E-state index in [9.17, 15) is 4.79 Å². The number of carbonyl (C=O) groups excluding carboxylic acids is 1. The van der Waals surface area contributed by atoms with E-state index in [1.165, 1.54) is 11.1 Å². The summed E-state index contributed by atoms with van der Waals surface area (Å²) in [4.78, 5) is 19.1. The molecular formula is C21H28N2O3S. The number of aryl methyl sites for hydroxylation is 3. The lowest BCUT2D eigenvalue weighted by molar-refractivity contribution is -0.133. The second kappa shape index (κ2) is 9.42. The Balaban J connectivity index is 1.60. The molecule has 2 aromatic rings. The van der Waals surface area contributed by atoms with Crippen LogP contribution in [0.5, 0.6) is 0 Å². The molecule has 1 aliphatic heterocycles. The number of hydrogen-bond acceptors (Lipinski definition) is 5. The fourth-order valence-electron chi connectivity index (χ4n) is 3.28. The van der Waals surface area contributed by atoms with Crippen LogP contribution in [0.3, 0.4) is 0 Å². The first-order valence-electron chi connectivity index (χ1n) is 9.47. The molecule has 27 heavy (non-hydrogen) atoms. The highest BCUT2D eigenvalue weighted by Crippen LogP contribution is 2.25. The quantitative estimate of drug-likeness (QED) is 0.687. The molecule has 0 radical (unpaired) electrons. The van der Waals surface area contributed by atoms with E-state index in [0.29, 0.717) is 37.9 Å². The number of aromatic nitrogens is 1. The summed E-state index contributed by atoms with van der Waals surface area (Å²) >= 11 is 1.91. The predicted octanol–water partition coefficient (Wildman–Crippen LogP) is 3.87. The van der Waals surface area contributed by atoms with Crippen molar-refractivity contribution < 1.29 is 13.9 Å². The summed E-state index contributed by atoms with van der Waals surface area (Å²) in [5.74, 6) is 3.67. The molecule has 0 spiro atoms. The molecule has 0 saturated carbocycles. The van der Waals surface area contributed by atoms with E-state index < -0.39 is 0 Å². The van der Waals surface area contributed by atoms with Gasteiger partial charge in [0.25, 0.3) is 0 Å². The molecule has 5 nitrogen and oxygen atoms in total. The number of ether oxygens (including phenoxy) is 1. The molecule has 3 rings (SSSR count). The lowest BCUT2D eigenvalue weighted by Crippen LogP contribution is -2.42. The molecular weight excluding hydrogens is 360 g/mol. The van der Waals surface area contributed by atoms with Gasteiger partial charge in [-0.05, 0) is 43.2 Å². The van der Waals surface area contributed by atoms with Gasteiger partial charge in [0.15, 0.2) is 11.7 Å². The van der Waals surface area contributed by atoms with Crippen LogP contribution in [0.25, 0.3) is 11.3 Å². The first-order chi connectivity index (χ1) is 13.1. The molecule has 0 aliphatic carbocycles. The minimum absolute atomic E-state index is 0.158. The highest BCUT2D eigenvalue weighted by Gasteiger charge is 2.26. The third kappa shape index (κ3) is 5.14. The number of thioether (sulfide) groups is 1. The molecule has 1 atom stereocenters. The molecule has 0 unspecified atom stereocenters. The number of methoxy groups -OCH3 is 1. The van der Waals surface area contributed by atoms with Crippen molar-refractivity contribution in [1.29, 1.82) is 0 Å². The number of amides is 1. The lowest BCUT2D eigenvalue weighted by Gasteiger charge is -2.28. The minimum Gasteiger partial charge on any atom is -0.441 e. The normalized spacial score (nSPS) is 16.6. The van der Waals surface area contributed by atoms with Gasteiger partial charge in [-0.3, -0.25) is 4.79 Å².